The second kappa shape index (κ2) is 7.14. The molecular weight excluding hydrogens is 234 g/mol. The summed E-state index contributed by atoms with van der Waals surface area (Å²) in [6.45, 7) is -0.0759. The molecule has 1 aromatic rings. The number of aliphatic hydroxyl groups excluding tert-OH is 1. The number of ether oxygens (including phenoxy) is 1. The van der Waals surface area contributed by atoms with Crippen LogP contribution in [0.1, 0.15) is 6.42 Å². The van der Waals surface area contributed by atoms with Gasteiger partial charge in [-0.3, -0.25) is 4.79 Å². The summed E-state index contributed by atoms with van der Waals surface area (Å²) in [6, 6.07) is 7.07. The number of carbonyl (C=O) groups excluding carboxylic acids is 1. The Bertz CT molecular complexity index is 454. The second-order valence-corrected chi connectivity index (χ2v) is 3.46. The lowest BCUT2D eigenvalue weighted by Crippen LogP contribution is -2.15. The fourth-order valence-electron chi connectivity index (χ4n) is 1.38. The quantitative estimate of drug-likeness (QED) is 0.652. The standard InChI is InChI=1S/C12H15N3O3/c1-18-11-4-3-9(15-12(17)8-16)7-10(11)14-6-2-5-13/h3-4,7,14,16H,2,6,8H2,1H3,(H,15,17). The second-order valence-electron chi connectivity index (χ2n) is 3.46. The van der Waals surface area contributed by atoms with E-state index in [9.17, 15) is 4.79 Å². The molecule has 3 N–H and O–H groups in total. The molecule has 18 heavy (non-hydrogen) atoms. The number of rotatable bonds is 6. The van der Waals surface area contributed by atoms with Crippen molar-refractivity contribution in [2.75, 3.05) is 30.9 Å². The van der Waals surface area contributed by atoms with Crippen molar-refractivity contribution in [2.24, 2.45) is 0 Å². The van der Waals surface area contributed by atoms with E-state index in [1.807, 2.05) is 6.07 Å². The van der Waals surface area contributed by atoms with Crippen molar-refractivity contribution >= 4 is 17.3 Å². The number of nitrogens with zero attached hydrogens (tertiary/aromatic N) is 1. The number of hydrogen-bond acceptors (Lipinski definition) is 5. The SMILES string of the molecule is COc1ccc(NC(=O)CO)cc1NCCC#N. The van der Waals surface area contributed by atoms with E-state index >= 15 is 0 Å². The fourth-order valence-corrected chi connectivity index (χ4v) is 1.38. The molecule has 1 aromatic carbocycles. The molecule has 0 saturated carbocycles. The van der Waals surface area contributed by atoms with Gasteiger partial charge in [-0.25, -0.2) is 0 Å². The maximum atomic E-state index is 11.1. The van der Waals surface area contributed by atoms with Gasteiger partial charge in [0.15, 0.2) is 0 Å². The fraction of sp³-hybridized carbons (Fsp3) is 0.333. The van der Waals surface area contributed by atoms with Gasteiger partial charge in [-0.1, -0.05) is 0 Å². The molecule has 0 radical (unpaired) electrons. The minimum atomic E-state index is -0.566. The summed E-state index contributed by atoms with van der Waals surface area (Å²) in [6.07, 6.45) is 0.371. The molecule has 6 heteroatoms. The summed E-state index contributed by atoms with van der Waals surface area (Å²) in [5.74, 6) is 0.137. The van der Waals surface area contributed by atoms with Crippen LogP contribution in [0.15, 0.2) is 18.2 Å². The Hall–Kier alpha value is -2.26. The van der Waals surface area contributed by atoms with Crippen LogP contribution in [0.5, 0.6) is 5.75 Å². The van der Waals surface area contributed by atoms with Gasteiger partial charge in [0.05, 0.1) is 25.3 Å². The predicted molar refractivity (Wildman–Crippen MR) is 67.4 cm³/mol. The first-order chi connectivity index (χ1) is 8.71. The molecular formula is C12H15N3O3. The zero-order valence-electron chi connectivity index (χ0n) is 10.1. The molecule has 0 fully saturated rings. The van der Waals surface area contributed by atoms with E-state index in [1.54, 1.807) is 18.2 Å². The summed E-state index contributed by atoms with van der Waals surface area (Å²) in [4.78, 5) is 11.1. The predicted octanol–water partition coefficient (Wildman–Crippen LogP) is 0.952. The van der Waals surface area contributed by atoms with Crippen LogP contribution in [-0.4, -0.2) is 31.3 Å². The molecule has 96 valence electrons. The summed E-state index contributed by atoms with van der Waals surface area (Å²) in [7, 11) is 1.54. The monoisotopic (exact) mass is 249 g/mol. The van der Waals surface area contributed by atoms with Gasteiger partial charge < -0.3 is 20.5 Å². The average molecular weight is 249 g/mol. The van der Waals surface area contributed by atoms with E-state index in [-0.39, 0.29) is 0 Å². The van der Waals surface area contributed by atoms with Crippen molar-refractivity contribution in [3.05, 3.63) is 18.2 Å². The summed E-state index contributed by atoms with van der Waals surface area (Å²) >= 11 is 0. The number of nitrogens with one attached hydrogen (secondary N) is 2. The summed E-state index contributed by atoms with van der Waals surface area (Å²) < 4.78 is 5.15. The Kier molecular flexibility index (Phi) is 5.48. The third-order valence-corrected chi connectivity index (χ3v) is 2.18. The lowest BCUT2D eigenvalue weighted by Gasteiger charge is -2.12. The molecule has 0 unspecified atom stereocenters. The highest BCUT2D eigenvalue weighted by atomic mass is 16.5. The van der Waals surface area contributed by atoms with E-state index in [2.05, 4.69) is 10.6 Å². The molecule has 0 spiro atoms. The van der Waals surface area contributed by atoms with Gasteiger partial charge >= 0.3 is 0 Å². The zero-order valence-corrected chi connectivity index (χ0v) is 10.1. The minimum absolute atomic E-state index is 0.371. The lowest BCUT2D eigenvalue weighted by atomic mass is 10.2. The molecule has 0 aliphatic rings. The molecule has 0 aromatic heterocycles. The van der Waals surface area contributed by atoms with E-state index in [0.29, 0.717) is 30.1 Å². The van der Waals surface area contributed by atoms with Crippen LogP contribution < -0.4 is 15.4 Å². The number of nitriles is 1. The van der Waals surface area contributed by atoms with E-state index < -0.39 is 12.5 Å². The third-order valence-electron chi connectivity index (χ3n) is 2.18. The van der Waals surface area contributed by atoms with E-state index in [1.165, 1.54) is 7.11 Å². The molecule has 0 aliphatic carbocycles. The Labute approximate surface area is 105 Å². The Balaban J connectivity index is 2.81. The van der Waals surface area contributed by atoms with Crippen molar-refractivity contribution in [2.45, 2.75) is 6.42 Å². The van der Waals surface area contributed by atoms with Gasteiger partial charge in [0.25, 0.3) is 0 Å². The van der Waals surface area contributed by atoms with Gasteiger partial charge in [0.2, 0.25) is 5.91 Å². The number of methoxy groups -OCH3 is 1. The van der Waals surface area contributed by atoms with Crippen LogP contribution in [0.3, 0.4) is 0 Å². The van der Waals surface area contributed by atoms with Gasteiger partial charge in [-0.15, -0.1) is 0 Å². The minimum Gasteiger partial charge on any atom is -0.495 e. The maximum Gasteiger partial charge on any atom is 0.250 e. The number of benzene rings is 1. The first kappa shape index (κ1) is 13.8. The normalized spacial score (nSPS) is 9.39. The topological polar surface area (TPSA) is 94.4 Å². The molecule has 6 nitrogen and oxygen atoms in total. The Morgan fingerprint density at radius 2 is 2.33 bits per heavy atom. The average Bonchev–Trinajstić information content (AvgIpc) is 2.39. The molecule has 1 rings (SSSR count). The molecule has 0 atom stereocenters. The van der Waals surface area contributed by atoms with Crippen molar-refractivity contribution in [3.8, 4) is 11.8 Å². The molecule has 1 amide bonds. The Morgan fingerprint density at radius 3 is 2.94 bits per heavy atom. The summed E-state index contributed by atoms with van der Waals surface area (Å²) in [5.41, 5.74) is 1.23. The van der Waals surface area contributed by atoms with E-state index in [0.717, 1.165) is 0 Å². The smallest absolute Gasteiger partial charge is 0.250 e. The first-order valence-corrected chi connectivity index (χ1v) is 5.41. The first-order valence-electron chi connectivity index (χ1n) is 5.41. The number of hydrogen-bond donors (Lipinski definition) is 3. The van der Waals surface area contributed by atoms with Crippen LogP contribution in [0, 0.1) is 11.3 Å². The number of aliphatic hydroxyl groups is 1. The largest absolute Gasteiger partial charge is 0.495 e. The third kappa shape index (κ3) is 3.96. The Morgan fingerprint density at radius 1 is 1.56 bits per heavy atom. The maximum absolute atomic E-state index is 11.1. The van der Waals surface area contributed by atoms with Crippen LogP contribution in [0.4, 0.5) is 11.4 Å². The van der Waals surface area contributed by atoms with Gasteiger partial charge in [-0.05, 0) is 18.2 Å². The van der Waals surface area contributed by atoms with Gasteiger partial charge in [0.1, 0.15) is 12.4 Å². The van der Waals surface area contributed by atoms with Crippen molar-refractivity contribution in [1.29, 1.82) is 5.26 Å². The lowest BCUT2D eigenvalue weighted by molar-refractivity contribution is -0.118. The van der Waals surface area contributed by atoms with Crippen LogP contribution >= 0.6 is 0 Å². The molecule has 0 saturated heterocycles. The molecule has 0 bridgehead atoms. The van der Waals surface area contributed by atoms with Crippen molar-refractivity contribution in [3.63, 3.8) is 0 Å². The van der Waals surface area contributed by atoms with Gasteiger partial charge in [-0.2, -0.15) is 5.26 Å². The highest BCUT2D eigenvalue weighted by Gasteiger charge is 2.06. The highest BCUT2D eigenvalue weighted by Crippen LogP contribution is 2.27. The highest BCUT2D eigenvalue weighted by molar-refractivity contribution is 5.92. The van der Waals surface area contributed by atoms with E-state index in [4.69, 9.17) is 15.1 Å². The zero-order chi connectivity index (χ0) is 13.4. The van der Waals surface area contributed by atoms with Crippen LogP contribution in [0.25, 0.3) is 0 Å². The summed E-state index contributed by atoms with van der Waals surface area (Å²) in [5, 5.41) is 22.7. The van der Waals surface area contributed by atoms with Gasteiger partial charge in [0, 0.05) is 12.2 Å². The van der Waals surface area contributed by atoms with Crippen molar-refractivity contribution in [1.82, 2.24) is 0 Å². The van der Waals surface area contributed by atoms with Crippen LogP contribution in [-0.2, 0) is 4.79 Å². The number of amides is 1. The number of carbonyl (C=O) groups is 1. The molecule has 0 heterocycles. The van der Waals surface area contributed by atoms with Crippen LogP contribution in [0.2, 0.25) is 0 Å². The number of anilines is 2. The molecule has 0 aliphatic heterocycles. The van der Waals surface area contributed by atoms with Crippen molar-refractivity contribution < 1.29 is 14.6 Å².